The number of halogens is 1. The van der Waals surface area contributed by atoms with Gasteiger partial charge in [-0.25, -0.2) is 0 Å². The van der Waals surface area contributed by atoms with Crippen molar-refractivity contribution in [3.05, 3.63) is 57.2 Å². The van der Waals surface area contributed by atoms with Gasteiger partial charge in [0, 0.05) is 6.42 Å². The zero-order valence-electron chi connectivity index (χ0n) is 10.6. The number of thiophene rings is 1. The highest BCUT2D eigenvalue weighted by atomic mass is 35.5. The molecule has 20 heavy (non-hydrogen) atoms. The Morgan fingerprint density at radius 3 is 2.40 bits per heavy atom. The Labute approximate surface area is 125 Å². The van der Waals surface area contributed by atoms with Crippen LogP contribution in [0.4, 0.5) is 0 Å². The molecule has 0 aliphatic rings. The standard InChI is InChI=1S/C15H13ClO3S/c16-14-7-6-13(20-14)12(17)9-11(15(18)19)8-10-4-2-1-3-5-10/h1-7,11H,8-9H2,(H,18,19). The van der Waals surface area contributed by atoms with Gasteiger partial charge in [-0.1, -0.05) is 41.9 Å². The van der Waals surface area contributed by atoms with Gasteiger partial charge in [-0.2, -0.15) is 0 Å². The second-order valence-electron chi connectivity index (χ2n) is 4.46. The molecule has 1 unspecified atom stereocenters. The number of carbonyl (C=O) groups is 2. The molecule has 0 fully saturated rings. The molecule has 1 aromatic carbocycles. The maximum Gasteiger partial charge on any atom is 0.307 e. The smallest absolute Gasteiger partial charge is 0.307 e. The number of hydrogen-bond donors (Lipinski definition) is 1. The zero-order valence-corrected chi connectivity index (χ0v) is 12.2. The zero-order chi connectivity index (χ0) is 14.5. The quantitative estimate of drug-likeness (QED) is 0.823. The third-order valence-corrected chi connectivity index (χ3v) is 4.23. The summed E-state index contributed by atoms with van der Waals surface area (Å²) in [6.07, 6.45) is 0.335. The van der Waals surface area contributed by atoms with Gasteiger partial charge in [0.2, 0.25) is 0 Å². The van der Waals surface area contributed by atoms with Gasteiger partial charge in [-0.15, -0.1) is 11.3 Å². The van der Waals surface area contributed by atoms with Crippen molar-refractivity contribution >= 4 is 34.7 Å². The number of ketones is 1. The summed E-state index contributed by atoms with van der Waals surface area (Å²) in [5.74, 6) is -1.85. The fraction of sp³-hybridized carbons (Fsp3) is 0.200. The van der Waals surface area contributed by atoms with Crippen LogP contribution in [0.15, 0.2) is 42.5 Å². The molecule has 0 aliphatic heterocycles. The van der Waals surface area contributed by atoms with Crippen LogP contribution in [0, 0.1) is 5.92 Å². The van der Waals surface area contributed by atoms with Crippen molar-refractivity contribution in [1.82, 2.24) is 0 Å². The van der Waals surface area contributed by atoms with Gasteiger partial charge >= 0.3 is 5.97 Å². The van der Waals surface area contributed by atoms with E-state index in [0.29, 0.717) is 15.6 Å². The molecule has 0 bridgehead atoms. The van der Waals surface area contributed by atoms with E-state index in [4.69, 9.17) is 11.6 Å². The molecule has 5 heteroatoms. The van der Waals surface area contributed by atoms with E-state index in [0.717, 1.165) is 5.56 Å². The number of carboxylic acid groups (broad SMARTS) is 1. The van der Waals surface area contributed by atoms with Crippen LogP contribution in [0.25, 0.3) is 0 Å². The number of Topliss-reactive ketones (excluding diaryl/α,β-unsaturated/α-hetero) is 1. The fourth-order valence-corrected chi connectivity index (χ4v) is 2.93. The van der Waals surface area contributed by atoms with Crippen molar-refractivity contribution in [2.45, 2.75) is 12.8 Å². The number of hydrogen-bond acceptors (Lipinski definition) is 3. The molecule has 1 aromatic heterocycles. The Kier molecular flexibility index (Phi) is 4.93. The minimum atomic E-state index is -0.954. The van der Waals surface area contributed by atoms with E-state index in [9.17, 15) is 14.7 Å². The van der Waals surface area contributed by atoms with Crippen molar-refractivity contribution in [2.24, 2.45) is 5.92 Å². The molecule has 2 aromatic rings. The molecule has 0 aliphatic carbocycles. The molecule has 3 nitrogen and oxygen atoms in total. The fourth-order valence-electron chi connectivity index (χ4n) is 1.93. The van der Waals surface area contributed by atoms with Crippen molar-refractivity contribution < 1.29 is 14.7 Å². The monoisotopic (exact) mass is 308 g/mol. The predicted molar refractivity (Wildman–Crippen MR) is 79.5 cm³/mol. The average molecular weight is 309 g/mol. The SMILES string of the molecule is O=C(CC(Cc1ccccc1)C(=O)O)c1ccc(Cl)s1. The normalized spacial score (nSPS) is 12.1. The Bertz CT molecular complexity index is 607. The van der Waals surface area contributed by atoms with Gasteiger partial charge in [0.1, 0.15) is 0 Å². The van der Waals surface area contributed by atoms with Crippen LogP contribution in [-0.2, 0) is 11.2 Å². The minimum Gasteiger partial charge on any atom is -0.481 e. The Morgan fingerprint density at radius 1 is 1.15 bits per heavy atom. The Balaban J connectivity index is 2.06. The highest BCUT2D eigenvalue weighted by molar-refractivity contribution is 7.18. The van der Waals surface area contributed by atoms with Crippen LogP contribution in [0.1, 0.15) is 21.7 Å². The average Bonchev–Trinajstić information content (AvgIpc) is 2.86. The number of benzene rings is 1. The van der Waals surface area contributed by atoms with Crippen LogP contribution in [0.3, 0.4) is 0 Å². The first-order chi connectivity index (χ1) is 9.56. The third-order valence-electron chi connectivity index (χ3n) is 2.95. The van der Waals surface area contributed by atoms with E-state index in [-0.39, 0.29) is 12.2 Å². The highest BCUT2D eigenvalue weighted by Gasteiger charge is 2.23. The van der Waals surface area contributed by atoms with E-state index in [2.05, 4.69) is 0 Å². The van der Waals surface area contributed by atoms with Crippen molar-refractivity contribution in [1.29, 1.82) is 0 Å². The van der Waals surface area contributed by atoms with Crippen LogP contribution < -0.4 is 0 Å². The molecular weight excluding hydrogens is 296 g/mol. The molecule has 1 N–H and O–H groups in total. The molecule has 0 saturated carbocycles. The molecule has 0 spiro atoms. The number of aliphatic carboxylic acids is 1. The minimum absolute atomic E-state index is 0.0128. The maximum absolute atomic E-state index is 12.1. The molecule has 0 saturated heterocycles. The summed E-state index contributed by atoms with van der Waals surface area (Å²) >= 11 is 6.96. The van der Waals surface area contributed by atoms with Crippen LogP contribution in [0.2, 0.25) is 4.34 Å². The first-order valence-electron chi connectivity index (χ1n) is 6.11. The van der Waals surface area contributed by atoms with Crippen LogP contribution in [0.5, 0.6) is 0 Å². The molecule has 1 heterocycles. The summed E-state index contributed by atoms with van der Waals surface area (Å²) in [7, 11) is 0. The molecule has 104 valence electrons. The van der Waals surface area contributed by atoms with E-state index < -0.39 is 11.9 Å². The lowest BCUT2D eigenvalue weighted by molar-refractivity contribution is -0.141. The largest absolute Gasteiger partial charge is 0.481 e. The number of carboxylic acids is 1. The third kappa shape index (κ3) is 3.92. The molecule has 2 rings (SSSR count). The van der Waals surface area contributed by atoms with Crippen molar-refractivity contribution in [3.63, 3.8) is 0 Å². The summed E-state index contributed by atoms with van der Waals surface area (Å²) < 4.78 is 0.531. The van der Waals surface area contributed by atoms with E-state index in [1.165, 1.54) is 11.3 Å². The Morgan fingerprint density at radius 2 is 1.85 bits per heavy atom. The second-order valence-corrected chi connectivity index (χ2v) is 6.17. The summed E-state index contributed by atoms with van der Waals surface area (Å²) in [4.78, 5) is 23.9. The van der Waals surface area contributed by atoms with E-state index >= 15 is 0 Å². The second kappa shape index (κ2) is 6.68. The molecular formula is C15H13ClO3S. The predicted octanol–water partition coefficient (Wildman–Crippen LogP) is 3.92. The first kappa shape index (κ1) is 14.8. The van der Waals surface area contributed by atoms with Gasteiger partial charge in [-0.05, 0) is 24.1 Å². The van der Waals surface area contributed by atoms with Gasteiger partial charge in [0.15, 0.2) is 5.78 Å². The number of carbonyl (C=O) groups excluding carboxylic acids is 1. The van der Waals surface area contributed by atoms with Gasteiger partial charge in [0.25, 0.3) is 0 Å². The molecule has 1 atom stereocenters. The van der Waals surface area contributed by atoms with Crippen molar-refractivity contribution in [3.8, 4) is 0 Å². The summed E-state index contributed by atoms with van der Waals surface area (Å²) in [6, 6.07) is 12.6. The number of rotatable bonds is 6. The lowest BCUT2D eigenvalue weighted by Crippen LogP contribution is -2.20. The lowest BCUT2D eigenvalue weighted by Gasteiger charge is -2.11. The van der Waals surface area contributed by atoms with Crippen LogP contribution in [-0.4, -0.2) is 16.9 Å². The van der Waals surface area contributed by atoms with Crippen molar-refractivity contribution in [2.75, 3.05) is 0 Å². The van der Waals surface area contributed by atoms with E-state index in [1.54, 1.807) is 12.1 Å². The molecule has 0 amide bonds. The summed E-state index contributed by atoms with van der Waals surface area (Å²) in [5.41, 5.74) is 0.914. The highest BCUT2D eigenvalue weighted by Crippen LogP contribution is 2.24. The van der Waals surface area contributed by atoms with Gasteiger partial charge < -0.3 is 5.11 Å². The maximum atomic E-state index is 12.1. The van der Waals surface area contributed by atoms with E-state index in [1.807, 2.05) is 30.3 Å². The topological polar surface area (TPSA) is 54.4 Å². The van der Waals surface area contributed by atoms with Crippen LogP contribution >= 0.6 is 22.9 Å². The lowest BCUT2D eigenvalue weighted by atomic mass is 9.94. The summed E-state index contributed by atoms with van der Waals surface area (Å²) in [5, 5.41) is 9.26. The first-order valence-corrected chi connectivity index (χ1v) is 7.31. The van der Waals surface area contributed by atoms with Gasteiger partial charge in [-0.3, -0.25) is 9.59 Å². The van der Waals surface area contributed by atoms with Gasteiger partial charge in [0.05, 0.1) is 15.1 Å². The molecule has 0 radical (unpaired) electrons. The summed E-state index contributed by atoms with van der Waals surface area (Å²) in [6.45, 7) is 0. The Hall–Kier alpha value is -1.65.